The minimum Gasteiger partial charge on any atom is -0.394 e. The summed E-state index contributed by atoms with van der Waals surface area (Å²) in [6.45, 7) is 8.82. The Balaban J connectivity index is 1.52. The normalized spacial score (nSPS) is 30.7. The monoisotopic (exact) mass is 583 g/mol. The average Bonchev–Trinajstić information content (AvgIpc) is 3.26. The van der Waals surface area contributed by atoms with E-state index in [4.69, 9.17) is 4.74 Å². The molecule has 6 rings (SSSR count). The second kappa shape index (κ2) is 11.1. The molecule has 6 atom stereocenters. The number of benzene rings is 2. The van der Waals surface area contributed by atoms with E-state index in [1.165, 1.54) is 0 Å². The number of hydrogen-bond acceptors (Lipinski definition) is 5. The molecule has 0 aromatic heterocycles. The fourth-order valence-corrected chi connectivity index (χ4v) is 7.94. The van der Waals surface area contributed by atoms with Crippen LogP contribution in [0.25, 0.3) is 0 Å². The Labute approximate surface area is 253 Å². The van der Waals surface area contributed by atoms with Gasteiger partial charge in [-0.25, -0.2) is 0 Å². The van der Waals surface area contributed by atoms with Gasteiger partial charge in [-0.15, -0.1) is 0 Å². The van der Waals surface area contributed by atoms with Crippen LogP contribution >= 0.6 is 0 Å². The minimum absolute atomic E-state index is 0.134. The van der Waals surface area contributed by atoms with E-state index in [1.807, 2.05) is 101 Å². The van der Waals surface area contributed by atoms with Crippen LogP contribution in [-0.4, -0.2) is 82.2 Å². The van der Waals surface area contributed by atoms with Crippen molar-refractivity contribution in [3.63, 3.8) is 0 Å². The molecule has 2 saturated heterocycles. The zero-order chi connectivity index (χ0) is 30.5. The van der Waals surface area contributed by atoms with Gasteiger partial charge in [0.25, 0.3) is 5.91 Å². The highest BCUT2D eigenvalue weighted by Gasteiger charge is 2.75. The summed E-state index contributed by atoms with van der Waals surface area (Å²) in [4.78, 5) is 49.1. The molecular weight excluding hydrogens is 542 g/mol. The first-order valence-electron chi connectivity index (χ1n) is 15.4. The number of amides is 3. The number of aryl methyl sites for hydroxylation is 2. The number of anilines is 1. The maximum Gasteiger partial charge on any atom is 0.253 e. The molecule has 1 N–H and O–H groups in total. The van der Waals surface area contributed by atoms with E-state index in [9.17, 15) is 19.5 Å². The number of para-hydroxylation sites is 1. The molecule has 2 aromatic carbocycles. The van der Waals surface area contributed by atoms with E-state index >= 15 is 0 Å². The van der Waals surface area contributed by atoms with Crippen LogP contribution in [0.15, 0.2) is 72.8 Å². The van der Waals surface area contributed by atoms with Crippen LogP contribution in [0.4, 0.5) is 5.69 Å². The van der Waals surface area contributed by atoms with E-state index in [1.54, 1.807) is 14.7 Å². The number of rotatable bonds is 7. The van der Waals surface area contributed by atoms with Gasteiger partial charge in [0.2, 0.25) is 11.8 Å². The van der Waals surface area contributed by atoms with Crippen molar-refractivity contribution >= 4 is 23.4 Å². The molecule has 3 amide bonds. The Kier molecular flexibility index (Phi) is 7.55. The van der Waals surface area contributed by atoms with Crippen molar-refractivity contribution in [3.05, 3.63) is 89.5 Å². The second-order valence-corrected chi connectivity index (χ2v) is 12.5. The first-order valence-corrected chi connectivity index (χ1v) is 15.4. The average molecular weight is 584 g/mol. The van der Waals surface area contributed by atoms with E-state index in [-0.39, 0.29) is 24.3 Å². The molecule has 2 fully saturated rings. The summed E-state index contributed by atoms with van der Waals surface area (Å²) in [5, 5.41) is 10.8. The topological polar surface area (TPSA) is 90.4 Å². The Morgan fingerprint density at radius 3 is 2.28 bits per heavy atom. The van der Waals surface area contributed by atoms with Gasteiger partial charge in [0.1, 0.15) is 11.6 Å². The zero-order valence-electron chi connectivity index (χ0n) is 25.4. The Hall–Kier alpha value is -3.75. The van der Waals surface area contributed by atoms with Crippen LogP contribution in [0, 0.1) is 25.7 Å². The standard InChI is InChI=1S/C35H41N3O5/c1-5-18-36-19-10-16-34(4)27(31(36)40)28-32(41)38(26(22-39)21-25-14-7-6-8-15-25)30-33(42)37(20-11-17-35(28,30)43-34)29-23(2)12-9-13-24(29)3/h6-17,26-28,30,39H,5,18-22H2,1-4H3/t26-,27-,28+,30?,34+,35+/m1/s1. The van der Waals surface area contributed by atoms with Crippen molar-refractivity contribution in [1.82, 2.24) is 9.80 Å². The van der Waals surface area contributed by atoms with Crippen LogP contribution in [0.3, 0.4) is 0 Å². The van der Waals surface area contributed by atoms with Crippen molar-refractivity contribution in [2.75, 3.05) is 31.1 Å². The molecule has 1 spiro atoms. The van der Waals surface area contributed by atoms with Crippen LogP contribution in [0.2, 0.25) is 0 Å². The summed E-state index contributed by atoms with van der Waals surface area (Å²) in [5.74, 6) is -2.45. The predicted molar refractivity (Wildman–Crippen MR) is 164 cm³/mol. The quantitative estimate of drug-likeness (QED) is 0.504. The molecule has 0 radical (unpaired) electrons. The highest BCUT2D eigenvalue weighted by molar-refractivity contribution is 6.06. The molecule has 4 aliphatic heterocycles. The smallest absolute Gasteiger partial charge is 0.253 e. The molecule has 0 aliphatic carbocycles. The number of ether oxygens (including phenoxy) is 1. The van der Waals surface area contributed by atoms with Gasteiger partial charge >= 0.3 is 0 Å². The summed E-state index contributed by atoms with van der Waals surface area (Å²) in [5.41, 5.74) is 1.20. The molecule has 4 aliphatic rings. The van der Waals surface area contributed by atoms with Crippen LogP contribution < -0.4 is 4.90 Å². The Morgan fingerprint density at radius 1 is 0.907 bits per heavy atom. The largest absolute Gasteiger partial charge is 0.394 e. The number of fused-ring (bicyclic) bond motifs is 2. The number of carbonyl (C=O) groups excluding carboxylic acids is 3. The van der Waals surface area contributed by atoms with Gasteiger partial charge in [-0.2, -0.15) is 0 Å². The highest BCUT2D eigenvalue weighted by Crippen LogP contribution is 2.58. The predicted octanol–water partition coefficient (Wildman–Crippen LogP) is 3.59. The fourth-order valence-electron chi connectivity index (χ4n) is 7.94. The number of hydrogen-bond donors (Lipinski definition) is 1. The molecular formula is C35H41N3O5. The molecule has 4 heterocycles. The van der Waals surface area contributed by atoms with Gasteiger partial charge in [-0.1, -0.05) is 79.8 Å². The van der Waals surface area contributed by atoms with E-state index in [2.05, 4.69) is 0 Å². The SMILES string of the molecule is CCCN1CC=C[C@]2(C)O[C@]34C=CCN(c5c(C)cccc5C)C(=O)C3N([C@@H](CO)Cc3ccccc3)C(=O)[C@@H]4[C@@H]2C1=O. The van der Waals surface area contributed by atoms with Crippen molar-refractivity contribution in [1.29, 1.82) is 0 Å². The third-order valence-electron chi connectivity index (χ3n) is 9.70. The van der Waals surface area contributed by atoms with Gasteiger partial charge in [-0.05, 0) is 50.3 Å². The molecule has 43 heavy (non-hydrogen) atoms. The second-order valence-electron chi connectivity index (χ2n) is 12.5. The zero-order valence-corrected chi connectivity index (χ0v) is 25.4. The van der Waals surface area contributed by atoms with Gasteiger partial charge in [0.15, 0.2) is 0 Å². The molecule has 2 aromatic rings. The summed E-state index contributed by atoms with van der Waals surface area (Å²) in [6, 6.07) is 13.8. The number of carbonyl (C=O) groups is 3. The number of aliphatic hydroxyl groups excluding tert-OH is 1. The Morgan fingerprint density at radius 2 is 1.60 bits per heavy atom. The maximum absolute atomic E-state index is 14.9. The van der Waals surface area contributed by atoms with Crippen molar-refractivity contribution in [2.24, 2.45) is 11.8 Å². The third kappa shape index (κ3) is 4.54. The minimum atomic E-state index is -1.38. The van der Waals surface area contributed by atoms with E-state index in [0.717, 1.165) is 28.8 Å². The molecule has 8 nitrogen and oxygen atoms in total. The lowest BCUT2D eigenvalue weighted by Crippen LogP contribution is -2.59. The van der Waals surface area contributed by atoms with Crippen LogP contribution in [0.1, 0.15) is 37.0 Å². The van der Waals surface area contributed by atoms with Crippen molar-refractivity contribution < 1.29 is 24.2 Å². The van der Waals surface area contributed by atoms with Crippen LogP contribution in [0.5, 0.6) is 0 Å². The molecule has 226 valence electrons. The Bertz CT molecular complexity index is 1470. The van der Waals surface area contributed by atoms with Crippen molar-refractivity contribution in [2.45, 2.75) is 63.8 Å². The number of likely N-dealkylation sites (tertiary alicyclic amines) is 1. The fraction of sp³-hybridized carbons (Fsp3) is 0.457. The van der Waals surface area contributed by atoms with E-state index < -0.39 is 35.1 Å². The first kappa shape index (κ1) is 29.3. The lowest BCUT2D eigenvalue weighted by molar-refractivity contribution is -0.151. The number of nitrogens with zero attached hydrogens (tertiary/aromatic N) is 3. The summed E-state index contributed by atoms with van der Waals surface area (Å²) < 4.78 is 6.97. The molecule has 8 heteroatoms. The number of aliphatic hydroxyl groups is 1. The highest BCUT2D eigenvalue weighted by atomic mass is 16.5. The maximum atomic E-state index is 14.9. The summed E-state index contributed by atoms with van der Waals surface area (Å²) in [7, 11) is 0. The van der Waals surface area contributed by atoms with Gasteiger partial charge in [-0.3, -0.25) is 14.4 Å². The third-order valence-corrected chi connectivity index (χ3v) is 9.70. The lowest BCUT2D eigenvalue weighted by Gasteiger charge is -2.40. The van der Waals surface area contributed by atoms with Crippen LogP contribution in [-0.2, 0) is 25.5 Å². The summed E-state index contributed by atoms with van der Waals surface area (Å²) >= 11 is 0. The molecule has 1 unspecified atom stereocenters. The van der Waals surface area contributed by atoms with Gasteiger partial charge < -0.3 is 24.5 Å². The lowest BCUT2D eigenvalue weighted by atomic mass is 9.74. The summed E-state index contributed by atoms with van der Waals surface area (Å²) in [6.07, 6.45) is 8.78. The molecule has 0 bridgehead atoms. The van der Waals surface area contributed by atoms with Gasteiger partial charge in [0.05, 0.1) is 30.1 Å². The first-order chi connectivity index (χ1) is 20.7. The van der Waals surface area contributed by atoms with E-state index in [0.29, 0.717) is 26.1 Å². The molecule has 0 saturated carbocycles. The van der Waals surface area contributed by atoms with Crippen molar-refractivity contribution in [3.8, 4) is 0 Å². The van der Waals surface area contributed by atoms with Gasteiger partial charge in [0, 0.05) is 25.3 Å².